The fourth-order valence-corrected chi connectivity index (χ4v) is 0.530. The minimum Gasteiger partial charge on any atom is -0.597 e. The normalized spacial score (nSPS) is 16.1. The van der Waals surface area contributed by atoms with Gasteiger partial charge in [-0.15, -0.1) is 0 Å². The van der Waals surface area contributed by atoms with Crippen LogP contribution in [0, 0.1) is 0 Å². The predicted octanol–water partition coefficient (Wildman–Crippen LogP) is -0.0881. The Morgan fingerprint density at radius 3 is 1.88 bits per heavy atom. The zero-order chi connectivity index (χ0) is 6.78. The summed E-state index contributed by atoms with van der Waals surface area (Å²) in [7, 11) is 0. The Morgan fingerprint density at radius 1 is 1.50 bits per heavy atom. The van der Waals surface area contributed by atoms with Crippen LogP contribution in [0.3, 0.4) is 0 Å². The van der Waals surface area contributed by atoms with Crippen LogP contribution in [-0.4, -0.2) is 9.30 Å². The molecular formula is C4H12N2OS. The lowest BCUT2D eigenvalue weighted by Crippen LogP contribution is -2.42. The highest BCUT2D eigenvalue weighted by Crippen LogP contribution is 2.10. The summed E-state index contributed by atoms with van der Waals surface area (Å²) in [5.74, 6) is 4.91. The molecule has 4 heteroatoms. The largest absolute Gasteiger partial charge is 0.597 e. The van der Waals surface area contributed by atoms with Gasteiger partial charge in [0, 0.05) is 0 Å². The molecule has 0 aromatic rings. The molecule has 0 aromatic carbocycles. The molecule has 0 bridgehead atoms. The minimum atomic E-state index is -1.12. The van der Waals surface area contributed by atoms with Gasteiger partial charge in [-0.2, -0.15) is 0 Å². The Balaban J connectivity index is 3.62. The first-order valence-corrected chi connectivity index (χ1v) is 3.51. The van der Waals surface area contributed by atoms with Crippen molar-refractivity contribution < 1.29 is 4.55 Å². The molecule has 0 heterocycles. The molecule has 0 fully saturated rings. The summed E-state index contributed by atoms with van der Waals surface area (Å²) in [6.45, 7) is 5.55. The summed E-state index contributed by atoms with van der Waals surface area (Å²) in [6, 6.07) is 0. The number of rotatable bonds is 1. The lowest BCUT2D eigenvalue weighted by atomic mass is 10.3. The molecule has 8 heavy (non-hydrogen) atoms. The highest BCUT2D eigenvalue weighted by atomic mass is 32.2. The summed E-state index contributed by atoms with van der Waals surface area (Å²) in [5, 5.41) is 0. The molecule has 3 N–H and O–H groups in total. The molecule has 3 nitrogen and oxygen atoms in total. The molecule has 0 saturated carbocycles. The fourth-order valence-electron chi connectivity index (χ4n) is 0.177. The molecule has 50 valence electrons. The Morgan fingerprint density at radius 2 is 1.88 bits per heavy atom. The van der Waals surface area contributed by atoms with E-state index in [0.29, 0.717) is 0 Å². The Kier molecular flexibility index (Phi) is 2.76. The van der Waals surface area contributed by atoms with Crippen LogP contribution in [-0.2, 0) is 11.4 Å². The van der Waals surface area contributed by atoms with Crippen molar-refractivity contribution in [3.05, 3.63) is 0 Å². The van der Waals surface area contributed by atoms with Crippen LogP contribution in [0.25, 0.3) is 0 Å². The molecule has 0 aromatic heterocycles. The SMILES string of the molecule is CC(C)(C)[S@+]([O-])NN. The van der Waals surface area contributed by atoms with Crippen LogP contribution in [0.1, 0.15) is 20.8 Å². The second-order valence-electron chi connectivity index (χ2n) is 2.50. The lowest BCUT2D eigenvalue weighted by Gasteiger charge is -2.20. The van der Waals surface area contributed by atoms with Crippen molar-refractivity contribution in [3.8, 4) is 0 Å². The van der Waals surface area contributed by atoms with Gasteiger partial charge >= 0.3 is 0 Å². The highest BCUT2D eigenvalue weighted by Gasteiger charge is 2.24. The van der Waals surface area contributed by atoms with E-state index in [4.69, 9.17) is 5.84 Å². The van der Waals surface area contributed by atoms with Crippen molar-refractivity contribution in [1.29, 1.82) is 0 Å². The fraction of sp³-hybridized carbons (Fsp3) is 1.00. The molecule has 0 amide bonds. The Hall–Kier alpha value is 0.230. The topological polar surface area (TPSA) is 61.1 Å². The number of hydrogen-bond donors (Lipinski definition) is 2. The van der Waals surface area contributed by atoms with Gasteiger partial charge in [-0.05, 0) is 20.8 Å². The van der Waals surface area contributed by atoms with E-state index in [-0.39, 0.29) is 4.75 Å². The number of nitrogens with one attached hydrogen (secondary N) is 1. The van der Waals surface area contributed by atoms with Crippen LogP contribution >= 0.6 is 0 Å². The number of hydrazine groups is 1. The first-order valence-electron chi connectivity index (χ1n) is 2.36. The number of hydrogen-bond acceptors (Lipinski definition) is 3. The maximum atomic E-state index is 10.7. The van der Waals surface area contributed by atoms with Crippen molar-refractivity contribution in [2.45, 2.75) is 25.5 Å². The first-order chi connectivity index (χ1) is 3.48. The average Bonchev–Trinajstić information content (AvgIpc) is 1.62. The minimum absolute atomic E-state index is 0.255. The zero-order valence-corrected chi connectivity index (χ0v) is 6.21. The second kappa shape index (κ2) is 2.68. The van der Waals surface area contributed by atoms with E-state index < -0.39 is 11.4 Å². The number of nitrogens with two attached hydrogens (primary N) is 1. The predicted molar refractivity (Wildman–Crippen MR) is 35.2 cm³/mol. The maximum absolute atomic E-state index is 10.7. The molecule has 0 aliphatic heterocycles. The molecule has 0 saturated heterocycles. The van der Waals surface area contributed by atoms with E-state index in [0.717, 1.165) is 0 Å². The molecule has 0 aliphatic carbocycles. The third-order valence-electron chi connectivity index (χ3n) is 0.663. The van der Waals surface area contributed by atoms with Crippen LogP contribution in [0.4, 0.5) is 0 Å². The standard InChI is InChI=1S/C4H12N2OS/c1-4(2,3)8(7)6-5/h6H,5H2,1-3H3/t8-/m0/s1. The molecule has 0 unspecified atom stereocenters. The van der Waals surface area contributed by atoms with E-state index in [2.05, 4.69) is 4.83 Å². The van der Waals surface area contributed by atoms with E-state index in [1.807, 2.05) is 20.8 Å². The monoisotopic (exact) mass is 136 g/mol. The van der Waals surface area contributed by atoms with Gasteiger partial charge in [-0.3, -0.25) is 0 Å². The highest BCUT2D eigenvalue weighted by molar-refractivity contribution is 7.90. The van der Waals surface area contributed by atoms with Gasteiger partial charge in [0.15, 0.2) is 0 Å². The third kappa shape index (κ3) is 2.52. The van der Waals surface area contributed by atoms with E-state index in [9.17, 15) is 4.55 Å². The smallest absolute Gasteiger partial charge is 0.138 e. The van der Waals surface area contributed by atoms with Gasteiger partial charge in [-0.1, -0.05) is 4.83 Å². The summed E-state index contributed by atoms with van der Waals surface area (Å²) >= 11 is -1.12. The van der Waals surface area contributed by atoms with Crippen LogP contribution in [0.2, 0.25) is 0 Å². The van der Waals surface area contributed by atoms with Crippen molar-refractivity contribution in [1.82, 2.24) is 4.83 Å². The Bertz CT molecular complexity index is 70.9. The van der Waals surface area contributed by atoms with Gasteiger partial charge in [0.05, 0.1) is 11.4 Å². The summed E-state index contributed by atoms with van der Waals surface area (Å²) < 4.78 is 10.5. The zero-order valence-electron chi connectivity index (χ0n) is 5.39. The van der Waals surface area contributed by atoms with Gasteiger partial charge in [0.25, 0.3) is 0 Å². The van der Waals surface area contributed by atoms with E-state index in [1.165, 1.54) is 0 Å². The van der Waals surface area contributed by atoms with E-state index >= 15 is 0 Å². The van der Waals surface area contributed by atoms with E-state index in [1.54, 1.807) is 0 Å². The van der Waals surface area contributed by atoms with Gasteiger partial charge < -0.3 is 4.55 Å². The van der Waals surface area contributed by atoms with Gasteiger partial charge in [0.2, 0.25) is 0 Å². The third-order valence-corrected chi connectivity index (χ3v) is 1.99. The van der Waals surface area contributed by atoms with Crippen molar-refractivity contribution in [3.63, 3.8) is 0 Å². The second-order valence-corrected chi connectivity index (χ2v) is 4.50. The first kappa shape index (κ1) is 8.23. The molecule has 0 rings (SSSR count). The van der Waals surface area contributed by atoms with Gasteiger partial charge in [0.1, 0.15) is 4.75 Å². The molecule has 1 atom stereocenters. The van der Waals surface area contributed by atoms with Crippen LogP contribution in [0.15, 0.2) is 0 Å². The molecule has 0 aliphatic rings. The Labute approximate surface area is 52.9 Å². The average molecular weight is 136 g/mol. The summed E-state index contributed by atoms with van der Waals surface area (Å²) in [5.41, 5.74) is 0. The summed E-state index contributed by atoms with van der Waals surface area (Å²) in [4.78, 5) is 2.18. The maximum Gasteiger partial charge on any atom is 0.138 e. The van der Waals surface area contributed by atoms with Gasteiger partial charge in [-0.25, -0.2) is 5.84 Å². The van der Waals surface area contributed by atoms with Crippen molar-refractivity contribution >= 4 is 11.4 Å². The summed E-state index contributed by atoms with van der Waals surface area (Å²) in [6.07, 6.45) is 0. The molecular weight excluding hydrogens is 124 g/mol. The molecule has 0 spiro atoms. The van der Waals surface area contributed by atoms with Crippen molar-refractivity contribution in [2.75, 3.05) is 0 Å². The lowest BCUT2D eigenvalue weighted by molar-refractivity contribution is 0.546. The molecule has 0 radical (unpaired) electrons. The van der Waals surface area contributed by atoms with Crippen molar-refractivity contribution in [2.24, 2.45) is 5.84 Å². The van der Waals surface area contributed by atoms with Crippen LogP contribution in [0.5, 0.6) is 0 Å². The van der Waals surface area contributed by atoms with Crippen LogP contribution < -0.4 is 10.7 Å². The quantitative estimate of drug-likeness (QED) is 0.301.